The van der Waals surface area contributed by atoms with Crippen molar-refractivity contribution in [2.75, 3.05) is 0 Å². The van der Waals surface area contributed by atoms with Crippen molar-refractivity contribution in [2.24, 2.45) is 0 Å². The maximum atomic E-state index is 5.20. The Balaban J connectivity index is 1.25. The van der Waals surface area contributed by atoms with Gasteiger partial charge >= 0.3 is 0 Å². The summed E-state index contributed by atoms with van der Waals surface area (Å²) in [6.45, 7) is 0. The van der Waals surface area contributed by atoms with E-state index >= 15 is 0 Å². The Morgan fingerprint density at radius 1 is 0.280 bits per heavy atom. The van der Waals surface area contributed by atoms with Crippen molar-refractivity contribution in [3.8, 4) is 67.8 Å². The standard InChI is InChI=1S/C45H29N5/c1-3-13-30(14-4-1)31-22-24-33(25-23-31)44-48-43(32-15-5-2-6-16-32)49-45(50-44)42-37-19-9-7-17-35(37)41(36-18-8-10-20-38(36)42)40-27-26-34(29-47-40)39-21-11-12-28-46-39/h1-29H. The molecule has 0 saturated carbocycles. The second-order valence-corrected chi connectivity index (χ2v) is 12.1. The first-order valence-electron chi connectivity index (χ1n) is 16.6. The minimum absolute atomic E-state index is 0.623. The molecule has 0 aliphatic rings. The van der Waals surface area contributed by atoms with Crippen LogP contribution in [-0.4, -0.2) is 24.9 Å². The highest BCUT2D eigenvalue weighted by Crippen LogP contribution is 2.43. The second kappa shape index (κ2) is 12.6. The SMILES string of the molecule is c1ccc(-c2ccc(-c3nc(-c4ccccc4)nc(-c4c5ccccc5c(-c5ccc(-c6ccccn6)cn5)c5ccccc45)n3)cc2)cc1. The van der Waals surface area contributed by atoms with Crippen LogP contribution in [0.5, 0.6) is 0 Å². The van der Waals surface area contributed by atoms with Gasteiger partial charge in [-0.15, -0.1) is 0 Å². The Bertz CT molecular complexity index is 2550. The van der Waals surface area contributed by atoms with E-state index < -0.39 is 0 Å². The summed E-state index contributed by atoms with van der Waals surface area (Å²) in [4.78, 5) is 24.9. The van der Waals surface area contributed by atoms with Crippen molar-refractivity contribution >= 4 is 21.5 Å². The summed E-state index contributed by atoms with van der Waals surface area (Å²) in [5, 5.41) is 4.25. The molecule has 3 aromatic heterocycles. The van der Waals surface area contributed by atoms with Gasteiger partial charge in [0.1, 0.15) is 0 Å². The highest BCUT2D eigenvalue weighted by Gasteiger charge is 2.21. The van der Waals surface area contributed by atoms with Crippen LogP contribution in [0.25, 0.3) is 89.4 Å². The summed E-state index contributed by atoms with van der Waals surface area (Å²) in [7, 11) is 0. The quantitative estimate of drug-likeness (QED) is 0.169. The molecule has 0 spiro atoms. The molecule has 0 atom stereocenters. The average Bonchev–Trinajstić information content (AvgIpc) is 3.21. The molecule has 0 saturated heterocycles. The second-order valence-electron chi connectivity index (χ2n) is 12.1. The van der Waals surface area contributed by atoms with Crippen LogP contribution in [0.3, 0.4) is 0 Å². The van der Waals surface area contributed by atoms with Crippen molar-refractivity contribution in [3.05, 3.63) is 176 Å². The molecule has 0 fully saturated rings. The van der Waals surface area contributed by atoms with E-state index in [1.54, 1.807) is 6.20 Å². The molecule has 5 heteroatoms. The normalized spacial score (nSPS) is 11.2. The minimum Gasteiger partial charge on any atom is -0.256 e. The number of hydrogen-bond donors (Lipinski definition) is 0. The number of pyridine rings is 2. The average molecular weight is 640 g/mol. The summed E-state index contributed by atoms with van der Waals surface area (Å²) in [5.41, 5.74) is 8.96. The molecule has 0 radical (unpaired) electrons. The first-order valence-corrected chi connectivity index (χ1v) is 16.6. The van der Waals surface area contributed by atoms with Crippen LogP contribution in [0.4, 0.5) is 0 Å². The number of aromatic nitrogens is 5. The van der Waals surface area contributed by atoms with Crippen LogP contribution in [0.1, 0.15) is 0 Å². The fourth-order valence-electron chi connectivity index (χ4n) is 6.65. The topological polar surface area (TPSA) is 64.5 Å². The van der Waals surface area contributed by atoms with E-state index in [0.29, 0.717) is 17.5 Å². The Kier molecular flexibility index (Phi) is 7.41. The van der Waals surface area contributed by atoms with E-state index in [1.165, 1.54) is 5.56 Å². The van der Waals surface area contributed by atoms with E-state index in [-0.39, 0.29) is 0 Å². The molecule has 6 aromatic carbocycles. The Morgan fingerprint density at radius 3 is 1.30 bits per heavy atom. The zero-order valence-corrected chi connectivity index (χ0v) is 27.0. The fraction of sp³-hybridized carbons (Fsp3) is 0. The Labute approximate surface area is 289 Å². The van der Waals surface area contributed by atoms with Gasteiger partial charge in [-0.3, -0.25) is 9.97 Å². The van der Waals surface area contributed by atoms with Crippen LogP contribution < -0.4 is 0 Å². The van der Waals surface area contributed by atoms with Crippen LogP contribution in [0, 0.1) is 0 Å². The van der Waals surface area contributed by atoms with E-state index in [1.807, 2.05) is 60.8 Å². The number of hydrogen-bond acceptors (Lipinski definition) is 5. The lowest BCUT2D eigenvalue weighted by Crippen LogP contribution is -2.02. The maximum Gasteiger partial charge on any atom is 0.165 e. The van der Waals surface area contributed by atoms with Crippen molar-refractivity contribution in [1.82, 2.24) is 24.9 Å². The summed E-state index contributed by atoms with van der Waals surface area (Å²) >= 11 is 0. The predicted octanol–water partition coefficient (Wildman–Crippen LogP) is 11.0. The Morgan fingerprint density at radius 2 is 0.740 bits per heavy atom. The molecule has 9 rings (SSSR count). The molecule has 0 aliphatic carbocycles. The van der Waals surface area contributed by atoms with Gasteiger partial charge in [-0.2, -0.15) is 0 Å². The molecular formula is C45H29N5. The number of nitrogens with zero attached hydrogens (tertiary/aromatic N) is 5. The zero-order valence-electron chi connectivity index (χ0n) is 27.0. The van der Waals surface area contributed by atoms with Crippen molar-refractivity contribution in [2.45, 2.75) is 0 Å². The summed E-state index contributed by atoms with van der Waals surface area (Å²) in [5.74, 6) is 1.87. The van der Waals surface area contributed by atoms with Gasteiger partial charge in [-0.25, -0.2) is 15.0 Å². The highest BCUT2D eigenvalue weighted by molar-refractivity contribution is 6.20. The van der Waals surface area contributed by atoms with E-state index in [9.17, 15) is 0 Å². The fourth-order valence-corrected chi connectivity index (χ4v) is 6.65. The maximum absolute atomic E-state index is 5.20. The van der Waals surface area contributed by atoms with Gasteiger partial charge in [0.25, 0.3) is 0 Å². The molecule has 0 bridgehead atoms. The number of rotatable bonds is 6. The van der Waals surface area contributed by atoms with Gasteiger partial charge < -0.3 is 0 Å². The monoisotopic (exact) mass is 639 g/mol. The van der Waals surface area contributed by atoms with Gasteiger partial charge in [0.05, 0.1) is 11.4 Å². The van der Waals surface area contributed by atoms with Gasteiger partial charge in [0.15, 0.2) is 17.5 Å². The molecular weight excluding hydrogens is 611 g/mol. The number of benzene rings is 6. The molecule has 5 nitrogen and oxygen atoms in total. The largest absolute Gasteiger partial charge is 0.256 e. The lowest BCUT2D eigenvalue weighted by Gasteiger charge is -2.17. The van der Waals surface area contributed by atoms with E-state index in [0.717, 1.165) is 66.3 Å². The van der Waals surface area contributed by atoms with Gasteiger partial charge in [-0.1, -0.05) is 140 Å². The van der Waals surface area contributed by atoms with Crippen molar-refractivity contribution in [1.29, 1.82) is 0 Å². The first-order chi connectivity index (χ1) is 24.8. The van der Waals surface area contributed by atoms with Gasteiger partial charge in [-0.05, 0) is 56.9 Å². The van der Waals surface area contributed by atoms with Crippen LogP contribution in [0.15, 0.2) is 176 Å². The summed E-state index contributed by atoms with van der Waals surface area (Å²) < 4.78 is 0. The smallest absolute Gasteiger partial charge is 0.165 e. The lowest BCUT2D eigenvalue weighted by atomic mass is 9.89. The molecule has 3 heterocycles. The predicted molar refractivity (Wildman–Crippen MR) is 203 cm³/mol. The number of fused-ring (bicyclic) bond motifs is 2. The molecule has 9 aromatic rings. The molecule has 50 heavy (non-hydrogen) atoms. The zero-order chi connectivity index (χ0) is 33.3. The third-order valence-corrected chi connectivity index (χ3v) is 9.05. The van der Waals surface area contributed by atoms with Crippen molar-refractivity contribution < 1.29 is 0 Å². The first kappa shape index (κ1) is 29.3. The van der Waals surface area contributed by atoms with Crippen LogP contribution in [0.2, 0.25) is 0 Å². The third kappa shape index (κ3) is 5.37. The summed E-state index contributed by atoms with van der Waals surface area (Å²) in [6, 6.07) is 56.0. The highest BCUT2D eigenvalue weighted by atomic mass is 15.0. The third-order valence-electron chi connectivity index (χ3n) is 9.05. The minimum atomic E-state index is 0.623. The Hall–Kier alpha value is -6.85. The lowest BCUT2D eigenvalue weighted by molar-refractivity contribution is 1.08. The molecule has 0 aliphatic heterocycles. The van der Waals surface area contributed by atoms with Gasteiger partial charge in [0, 0.05) is 40.2 Å². The molecule has 234 valence electrons. The summed E-state index contributed by atoms with van der Waals surface area (Å²) in [6.07, 6.45) is 3.71. The molecule has 0 amide bonds. The van der Waals surface area contributed by atoms with E-state index in [2.05, 4.69) is 114 Å². The van der Waals surface area contributed by atoms with Gasteiger partial charge in [0.2, 0.25) is 0 Å². The van der Waals surface area contributed by atoms with Crippen molar-refractivity contribution in [3.63, 3.8) is 0 Å². The molecule has 0 N–H and O–H groups in total. The molecule has 0 unspecified atom stereocenters. The van der Waals surface area contributed by atoms with Crippen LogP contribution >= 0.6 is 0 Å². The van der Waals surface area contributed by atoms with Crippen LogP contribution in [-0.2, 0) is 0 Å². The van der Waals surface area contributed by atoms with E-state index in [4.69, 9.17) is 19.9 Å².